The molecular weight excluding hydrogens is 296 g/mol. The summed E-state index contributed by atoms with van der Waals surface area (Å²) >= 11 is 1.24. The molecule has 2 fully saturated rings. The highest BCUT2D eigenvalue weighted by atomic mass is 32.2. The number of piperazine rings is 1. The molecule has 1 aromatic rings. The average Bonchev–Trinajstić information content (AvgIpc) is 2.95. The smallest absolute Gasteiger partial charge is 0.252 e. The lowest BCUT2D eigenvalue weighted by atomic mass is 10.2. The van der Waals surface area contributed by atoms with Gasteiger partial charge in [-0.1, -0.05) is 13.0 Å². The molecule has 1 saturated heterocycles. The number of nitrogens with zero attached hydrogens (tertiary/aromatic N) is 2. The summed E-state index contributed by atoms with van der Waals surface area (Å²) in [5.74, 6) is 0.872. The Hall–Kier alpha value is -0.920. The minimum atomic E-state index is -3.37. The van der Waals surface area contributed by atoms with Gasteiger partial charge in [0.05, 0.1) is 0 Å². The maximum absolute atomic E-state index is 12.4. The van der Waals surface area contributed by atoms with Crippen LogP contribution in [0.2, 0.25) is 0 Å². The average molecular weight is 314 g/mol. The molecule has 0 N–H and O–H groups in total. The van der Waals surface area contributed by atoms with E-state index < -0.39 is 10.0 Å². The molecule has 5 nitrogen and oxygen atoms in total. The molecule has 110 valence electrons. The minimum Gasteiger partial charge on any atom is -0.340 e. The van der Waals surface area contributed by atoms with Crippen LogP contribution in [0.5, 0.6) is 0 Å². The third-order valence-corrected chi connectivity index (χ3v) is 7.34. The summed E-state index contributed by atoms with van der Waals surface area (Å²) in [6, 6.07) is 3.37. The van der Waals surface area contributed by atoms with Crippen molar-refractivity contribution < 1.29 is 13.2 Å². The number of amides is 1. The van der Waals surface area contributed by atoms with Crippen molar-refractivity contribution in [2.45, 2.75) is 17.6 Å². The number of hydrogen-bond donors (Lipinski definition) is 0. The lowest BCUT2D eigenvalue weighted by Crippen LogP contribution is -2.50. The van der Waals surface area contributed by atoms with Crippen LogP contribution in [0.15, 0.2) is 21.7 Å². The molecule has 1 aliphatic heterocycles. The van der Waals surface area contributed by atoms with Gasteiger partial charge in [-0.3, -0.25) is 4.79 Å². The summed E-state index contributed by atoms with van der Waals surface area (Å²) in [6.45, 7) is 3.89. The predicted octanol–water partition coefficient (Wildman–Crippen LogP) is 1.24. The van der Waals surface area contributed by atoms with Crippen LogP contribution < -0.4 is 0 Å². The molecule has 1 aromatic heterocycles. The molecule has 0 unspecified atom stereocenters. The van der Waals surface area contributed by atoms with E-state index in [0.717, 1.165) is 6.42 Å². The van der Waals surface area contributed by atoms with E-state index in [9.17, 15) is 13.2 Å². The Kier molecular flexibility index (Phi) is 3.60. The quantitative estimate of drug-likeness (QED) is 0.843. The molecule has 1 saturated carbocycles. The van der Waals surface area contributed by atoms with Gasteiger partial charge in [0.25, 0.3) is 10.0 Å². The molecular formula is C13H18N2O3S2. The van der Waals surface area contributed by atoms with Crippen LogP contribution >= 0.6 is 11.3 Å². The maximum atomic E-state index is 12.4. The van der Waals surface area contributed by atoms with Gasteiger partial charge >= 0.3 is 0 Å². The Labute approximate surface area is 123 Å². The Morgan fingerprint density at radius 2 is 1.95 bits per heavy atom. The van der Waals surface area contributed by atoms with Gasteiger partial charge in [0.1, 0.15) is 4.21 Å². The Morgan fingerprint density at radius 1 is 1.30 bits per heavy atom. The second-order valence-corrected chi connectivity index (χ2v) is 8.59. The van der Waals surface area contributed by atoms with E-state index in [1.807, 2.05) is 4.90 Å². The van der Waals surface area contributed by atoms with Crippen LogP contribution in [0.1, 0.15) is 13.3 Å². The zero-order chi connectivity index (χ0) is 14.3. The van der Waals surface area contributed by atoms with Crippen molar-refractivity contribution in [2.75, 3.05) is 26.2 Å². The maximum Gasteiger partial charge on any atom is 0.252 e. The van der Waals surface area contributed by atoms with Gasteiger partial charge in [-0.15, -0.1) is 11.3 Å². The van der Waals surface area contributed by atoms with Crippen molar-refractivity contribution in [1.29, 1.82) is 0 Å². The third-order valence-electron chi connectivity index (χ3n) is 4.07. The summed E-state index contributed by atoms with van der Waals surface area (Å²) in [7, 11) is -3.37. The van der Waals surface area contributed by atoms with Crippen LogP contribution in [-0.4, -0.2) is 49.7 Å². The molecule has 1 aliphatic carbocycles. The van der Waals surface area contributed by atoms with E-state index in [1.165, 1.54) is 15.6 Å². The van der Waals surface area contributed by atoms with E-state index >= 15 is 0 Å². The largest absolute Gasteiger partial charge is 0.340 e. The van der Waals surface area contributed by atoms with E-state index in [-0.39, 0.29) is 11.8 Å². The molecule has 2 heterocycles. The van der Waals surface area contributed by atoms with Crippen LogP contribution in [0.3, 0.4) is 0 Å². The first-order valence-corrected chi connectivity index (χ1v) is 9.14. The first-order chi connectivity index (χ1) is 9.50. The molecule has 7 heteroatoms. The number of carbonyl (C=O) groups excluding carboxylic acids is 1. The first-order valence-electron chi connectivity index (χ1n) is 6.82. The monoisotopic (exact) mass is 314 g/mol. The first kappa shape index (κ1) is 14.0. The molecule has 2 atom stereocenters. The van der Waals surface area contributed by atoms with Crippen molar-refractivity contribution in [1.82, 2.24) is 9.21 Å². The van der Waals surface area contributed by atoms with Crippen molar-refractivity contribution in [2.24, 2.45) is 11.8 Å². The Morgan fingerprint density at radius 3 is 2.45 bits per heavy atom. The zero-order valence-corrected chi connectivity index (χ0v) is 13.0. The zero-order valence-electron chi connectivity index (χ0n) is 11.4. The fraction of sp³-hybridized carbons (Fsp3) is 0.615. The van der Waals surface area contributed by atoms with E-state index in [2.05, 4.69) is 6.92 Å². The summed E-state index contributed by atoms with van der Waals surface area (Å²) in [4.78, 5) is 13.9. The summed E-state index contributed by atoms with van der Waals surface area (Å²) in [5.41, 5.74) is 0. The number of rotatable bonds is 3. The van der Waals surface area contributed by atoms with Gasteiger partial charge in [0, 0.05) is 32.1 Å². The number of carbonyl (C=O) groups is 1. The molecule has 0 bridgehead atoms. The summed E-state index contributed by atoms with van der Waals surface area (Å²) in [6.07, 6.45) is 0.979. The minimum absolute atomic E-state index is 0.176. The van der Waals surface area contributed by atoms with Crippen molar-refractivity contribution in [3.05, 3.63) is 17.5 Å². The molecule has 3 rings (SSSR count). The van der Waals surface area contributed by atoms with Gasteiger partial charge < -0.3 is 4.90 Å². The lowest BCUT2D eigenvalue weighted by Gasteiger charge is -2.33. The van der Waals surface area contributed by atoms with Crippen LogP contribution in [0, 0.1) is 11.8 Å². The standard InChI is InChI=1S/C13H18N2O3S2/c1-10-9-11(10)13(16)14-4-6-15(7-5-14)20(17,18)12-3-2-8-19-12/h2-3,8,10-11H,4-7,9H2,1H3/t10-,11+/m1/s1. The molecule has 2 aliphatic rings. The molecule has 0 aromatic carbocycles. The number of hydrogen-bond acceptors (Lipinski definition) is 4. The number of thiophene rings is 1. The molecule has 0 spiro atoms. The predicted molar refractivity (Wildman–Crippen MR) is 76.9 cm³/mol. The fourth-order valence-electron chi connectivity index (χ4n) is 2.59. The summed E-state index contributed by atoms with van der Waals surface area (Å²) in [5, 5.41) is 1.77. The highest BCUT2D eigenvalue weighted by Gasteiger charge is 2.42. The lowest BCUT2D eigenvalue weighted by molar-refractivity contribution is -0.134. The second kappa shape index (κ2) is 5.13. The second-order valence-electron chi connectivity index (χ2n) is 5.48. The van der Waals surface area contributed by atoms with Gasteiger partial charge in [-0.2, -0.15) is 4.31 Å². The van der Waals surface area contributed by atoms with Crippen LogP contribution in [0.4, 0.5) is 0 Å². The van der Waals surface area contributed by atoms with Crippen molar-refractivity contribution >= 4 is 27.3 Å². The molecule has 1 amide bonds. The Bertz CT molecular complexity index is 589. The SMILES string of the molecule is C[C@@H]1C[C@@H]1C(=O)N1CCN(S(=O)(=O)c2cccs2)CC1. The number of sulfonamides is 1. The fourth-order valence-corrected chi connectivity index (χ4v) is 5.15. The van der Waals surface area contributed by atoms with Gasteiger partial charge in [0.15, 0.2) is 0 Å². The van der Waals surface area contributed by atoms with Crippen molar-refractivity contribution in [3.8, 4) is 0 Å². The van der Waals surface area contributed by atoms with Crippen LogP contribution in [0.25, 0.3) is 0 Å². The molecule has 0 radical (unpaired) electrons. The van der Waals surface area contributed by atoms with Crippen molar-refractivity contribution in [3.63, 3.8) is 0 Å². The van der Waals surface area contributed by atoms with Gasteiger partial charge in [0.2, 0.25) is 5.91 Å². The van der Waals surface area contributed by atoms with Gasteiger partial charge in [-0.25, -0.2) is 8.42 Å². The Balaban J connectivity index is 1.63. The highest BCUT2D eigenvalue weighted by Crippen LogP contribution is 2.39. The summed E-state index contributed by atoms with van der Waals surface area (Å²) < 4.78 is 26.6. The normalized spacial score (nSPS) is 27.6. The van der Waals surface area contributed by atoms with Gasteiger partial charge in [-0.05, 0) is 23.8 Å². The highest BCUT2D eigenvalue weighted by molar-refractivity contribution is 7.91. The van der Waals surface area contributed by atoms with Crippen LogP contribution in [-0.2, 0) is 14.8 Å². The topological polar surface area (TPSA) is 57.7 Å². The van der Waals surface area contributed by atoms with E-state index in [1.54, 1.807) is 17.5 Å². The van der Waals surface area contributed by atoms with E-state index in [4.69, 9.17) is 0 Å². The van der Waals surface area contributed by atoms with E-state index in [0.29, 0.717) is 36.3 Å². The molecule has 20 heavy (non-hydrogen) atoms. The third kappa shape index (κ3) is 2.49.